The minimum absolute atomic E-state index is 0.000185. The first kappa shape index (κ1) is 15.6. The summed E-state index contributed by atoms with van der Waals surface area (Å²) in [7, 11) is -3.82. The summed E-state index contributed by atoms with van der Waals surface area (Å²) in [6.45, 7) is -0.000185. The highest BCUT2D eigenvalue weighted by Gasteiger charge is 2.24. The van der Waals surface area contributed by atoms with E-state index in [1.807, 2.05) is 0 Å². The maximum absolute atomic E-state index is 12.3. The molecule has 2 aromatic rings. The van der Waals surface area contributed by atoms with Crippen LogP contribution in [0.1, 0.15) is 29.0 Å². The van der Waals surface area contributed by atoms with Crippen LogP contribution in [0, 0.1) is 0 Å². The van der Waals surface area contributed by atoms with Crippen molar-refractivity contribution in [3.05, 3.63) is 47.9 Å². The SMILES string of the molecule is O=C(O)c1cc(S(=O)(=O)NCc2ccco2)ccc1NC1CC1. The third-order valence-electron chi connectivity index (χ3n) is 3.49. The molecule has 3 N–H and O–H groups in total. The molecule has 1 aliphatic carbocycles. The molecule has 7 nitrogen and oxygen atoms in total. The molecular weight excluding hydrogens is 320 g/mol. The highest BCUT2D eigenvalue weighted by atomic mass is 32.2. The Bertz CT molecular complexity index is 810. The molecule has 1 saturated carbocycles. The summed E-state index contributed by atoms with van der Waals surface area (Å²) in [6, 6.07) is 7.62. The van der Waals surface area contributed by atoms with E-state index in [-0.39, 0.29) is 23.0 Å². The van der Waals surface area contributed by atoms with Crippen LogP contribution in [-0.2, 0) is 16.6 Å². The van der Waals surface area contributed by atoms with E-state index < -0.39 is 16.0 Å². The lowest BCUT2D eigenvalue weighted by atomic mass is 10.2. The van der Waals surface area contributed by atoms with Crippen molar-refractivity contribution < 1.29 is 22.7 Å². The maximum atomic E-state index is 12.3. The fourth-order valence-corrected chi connectivity index (χ4v) is 3.12. The first-order valence-corrected chi connectivity index (χ1v) is 8.60. The van der Waals surface area contributed by atoms with Crippen molar-refractivity contribution in [2.45, 2.75) is 30.3 Å². The van der Waals surface area contributed by atoms with E-state index in [2.05, 4.69) is 10.0 Å². The summed E-state index contributed by atoms with van der Waals surface area (Å²) in [5.41, 5.74) is 0.378. The lowest BCUT2D eigenvalue weighted by Gasteiger charge is -2.11. The number of carboxylic acid groups (broad SMARTS) is 1. The van der Waals surface area contributed by atoms with E-state index in [0.29, 0.717) is 11.4 Å². The molecule has 1 fully saturated rings. The number of nitrogens with one attached hydrogen (secondary N) is 2. The fraction of sp³-hybridized carbons (Fsp3) is 0.267. The normalized spacial score (nSPS) is 14.6. The molecule has 23 heavy (non-hydrogen) atoms. The van der Waals surface area contributed by atoms with Crippen LogP contribution in [-0.4, -0.2) is 25.5 Å². The van der Waals surface area contributed by atoms with Crippen LogP contribution in [0.3, 0.4) is 0 Å². The number of hydrogen-bond acceptors (Lipinski definition) is 5. The third kappa shape index (κ3) is 3.72. The van der Waals surface area contributed by atoms with Gasteiger partial charge in [-0.1, -0.05) is 0 Å². The summed E-state index contributed by atoms with van der Waals surface area (Å²) in [5, 5.41) is 12.4. The smallest absolute Gasteiger partial charge is 0.337 e. The Morgan fingerprint density at radius 2 is 2.09 bits per heavy atom. The third-order valence-corrected chi connectivity index (χ3v) is 4.88. The number of rotatable bonds is 7. The quantitative estimate of drug-likeness (QED) is 0.714. The molecule has 0 saturated heterocycles. The Kier molecular flexibility index (Phi) is 4.10. The molecule has 1 aromatic carbocycles. The van der Waals surface area contributed by atoms with Gasteiger partial charge in [0.1, 0.15) is 5.76 Å². The molecule has 0 spiro atoms. The average Bonchev–Trinajstić information content (AvgIpc) is 3.16. The minimum Gasteiger partial charge on any atom is -0.478 e. The van der Waals surface area contributed by atoms with E-state index in [0.717, 1.165) is 18.9 Å². The number of benzene rings is 1. The van der Waals surface area contributed by atoms with Crippen molar-refractivity contribution in [3.63, 3.8) is 0 Å². The summed E-state index contributed by atoms with van der Waals surface area (Å²) in [4.78, 5) is 11.3. The van der Waals surface area contributed by atoms with Gasteiger partial charge in [0.15, 0.2) is 0 Å². The number of anilines is 1. The molecule has 3 rings (SSSR count). The van der Waals surface area contributed by atoms with Gasteiger partial charge in [0.25, 0.3) is 0 Å². The zero-order valence-corrected chi connectivity index (χ0v) is 13.0. The van der Waals surface area contributed by atoms with Crippen LogP contribution in [0.15, 0.2) is 45.9 Å². The van der Waals surface area contributed by atoms with Gasteiger partial charge in [-0.3, -0.25) is 0 Å². The van der Waals surface area contributed by atoms with Gasteiger partial charge in [0.2, 0.25) is 10.0 Å². The Morgan fingerprint density at radius 3 is 2.70 bits per heavy atom. The van der Waals surface area contributed by atoms with Gasteiger partial charge in [-0.15, -0.1) is 0 Å². The highest BCUT2D eigenvalue weighted by Crippen LogP contribution is 2.28. The first-order chi connectivity index (χ1) is 11.0. The van der Waals surface area contributed by atoms with Crippen LogP contribution >= 0.6 is 0 Å². The molecule has 0 unspecified atom stereocenters. The van der Waals surface area contributed by atoms with Gasteiger partial charge in [-0.05, 0) is 43.2 Å². The van der Waals surface area contributed by atoms with Crippen LogP contribution in [0.2, 0.25) is 0 Å². The molecule has 122 valence electrons. The van der Waals surface area contributed by atoms with E-state index in [4.69, 9.17) is 4.42 Å². The second-order valence-electron chi connectivity index (χ2n) is 5.34. The Balaban J connectivity index is 1.82. The van der Waals surface area contributed by atoms with Crippen LogP contribution in [0.25, 0.3) is 0 Å². The van der Waals surface area contributed by atoms with Gasteiger partial charge in [-0.2, -0.15) is 0 Å². The van der Waals surface area contributed by atoms with Crippen LogP contribution < -0.4 is 10.0 Å². The van der Waals surface area contributed by atoms with Gasteiger partial charge in [0.05, 0.1) is 23.3 Å². The Hall–Kier alpha value is -2.32. The second kappa shape index (κ2) is 6.05. The summed E-state index contributed by atoms with van der Waals surface area (Å²) < 4.78 is 32.0. The monoisotopic (exact) mass is 336 g/mol. The Morgan fingerprint density at radius 1 is 1.30 bits per heavy atom. The number of furan rings is 1. The largest absolute Gasteiger partial charge is 0.478 e. The number of aromatic carboxylic acids is 1. The zero-order chi connectivity index (χ0) is 16.4. The van der Waals surface area contributed by atoms with Crippen molar-refractivity contribution in [2.24, 2.45) is 0 Å². The predicted octanol–water partition coefficient (Wildman–Crippen LogP) is 2.03. The molecule has 0 atom stereocenters. The summed E-state index contributed by atoms with van der Waals surface area (Å²) in [6.07, 6.45) is 3.43. The number of carboxylic acids is 1. The molecule has 0 radical (unpaired) electrons. The lowest BCUT2D eigenvalue weighted by molar-refractivity contribution is 0.0697. The molecular formula is C15H16N2O5S. The lowest BCUT2D eigenvalue weighted by Crippen LogP contribution is -2.23. The molecule has 0 bridgehead atoms. The van der Waals surface area contributed by atoms with Crippen molar-refractivity contribution in [3.8, 4) is 0 Å². The Labute approximate surface area is 133 Å². The molecule has 1 heterocycles. The van der Waals surface area contributed by atoms with E-state index in [9.17, 15) is 18.3 Å². The van der Waals surface area contributed by atoms with Crippen molar-refractivity contribution in [2.75, 3.05) is 5.32 Å². The molecule has 0 amide bonds. The second-order valence-corrected chi connectivity index (χ2v) is 7.10. The fourth-order valence-electron chi connectivity index (χ4n) is 2.10. The van der Waals surface area contributed by atoms with Gasteiger partial charge in [-0.25, -0.2) is 17.9 Å². The van der Waals surface area contributed by atoms with Crippen molar-refractivity contribution in [1.29, 1.82) is 0 Å². The van der Waals surface area contributed by atoms with E-state index in [1.54, 1.807) is 12.1 Å². The zero-order valence-electron chi connectivity index (χ0n) is 12.2. The number of carbonyl (C=O) groups is 1. The first-order valence-electron chi connectivity index (χ1n) is 7.11. The standard InChI is InChI=1S/C15H16N2O5S/c18-15(19)13-8-12(5-6-14(13)17-10-3-4-10)23(20,21)16-9-11-2-1-7-22-11/h1-2,5-8,10,16-17H,3-4,9H2,(H,18,19). The predicted molar refractivity (Wildman–Crippen MR) is 82.8 cm³/mol. The van der Waals surface area contributed by atoms with Gasteiger partial charge in [0, 0.05) is 11.7 Å². The summed E-state index contributed by atoms with van der Waals surface area (Å²) >= 11 is 0. The summed E-state index contributed by atoms with van der Waals surface area (Å²) in [5.74, 6) is -0.699. The molecule has 1 aliphatic rings. The van der Waals surface area contributed by atoms with Crippen molar-refractivity contribution >= 4 is 21.7 Å². The van der Waals surface area contributed by atoms with Gasteiger partial charge >= 0.3 is 5.97 Å². The molecule has 8 heteroatoms. The topological polar surface area (TPSA) is 109 Å². The van der Waals surface area contributed by atoms with Crippen LogP contribution in [0.4, 0.5) is 5.69 Å². The maximum Gasteiger partial charge on any atom is 0.337 e. The van der Waals surface area contributed by atoms with E-state index in [1.165, 1.54) is 18.4 Å². The van der Waals surface area contributed by atoms with Crippen molar-refractivity contribution in [1.82, 2.24) is 4.72 Å². The minimum atomic E-state index is -3.82. The highest BCUT2D eigenvalue weighted by molar-refractivity contribution is 7.89. The molecule has 1 aromatic heterocycles. The van der Waals surface area contributed by atoms with E-state index >= 15 is 0 Å². The number of hydrogen-bond donors (Lipinski definition) is 3. The number of sulfonamides is 1. The van der Waals surface area contributed by atoms with Crippen LogP contribution in [0.5, 0.6) is 0 Å². The molecule has 0 aliphatic heterocycles. The average molecular weight is 336 g/mol. The van der Waals surface area contributed by atoms with Gasteiger partial charge < -0.3 is 14.8 Å².